The fourth-order valence-corrected chi connectivity index (χ4v) is 4.45. The molecule has 0 unspecified atom stereocenters. The fraction of sp³-hybridized carbons (Fsp3) is 0.125. The third kappa shape index (κ3) is 4.13. The molecule has 3 N–H and O–H groups in total. The molecule has 4 rings (SSSR count). The monoisotopic (exact) mass is 446 g/mol. The van der Waals surface area contributed by atoms with Gasteiger partial charge in [0.2, 0.25) is 0 Å². The maximum Gasteiger partial charge on any atom is 0.319 e. The van der Waals surface area contributed by atoms with Gasteiger partial charge in [0.25, 0.3) is 11.5 Å². The lowest BCUT2D eigenvalue weighted by atomic mass is 10.00. The number of aryl methyl sites for hydroxylation is 1. The highest BCUT2D eigenvalue weighted by atomic mass is 32.1. The fourth-order valence-electron chi connectivity index (χ4n) is 3.49. The molecular weight excluding hydrogens is 424 g/mol. The second-order valence-electron chi connectivity index (χ2n) is 7.34. The van der Waals surface area contributed by atoms with E-state index in [0.717, 1.165) is 26.8 Å². The molecule has 0 aliphatic carbocycles. The molecule has 0 saturated heterocycles. The van der Waals surface area contributed by atoms with Crippen LogP contribution in [0.5, 0.6) is 0 Å². The van der Waals surface area contributed by atoms with E-state index in [9.17, 15) is 14.4 Å². The summed E-state index contributed by atoms with van der Waals surface area (Å²) in [6, 6.07) is 16.5. The Bertz CT molecular complexity index is 1370. The van der Waals surface area contributed by atoms with E-state index in [2.05, 4.69) is 16.0 Å². The van der Waals surface area contributed by atoms with Crippen LogP contribution in [0.2, 0.25) is 0 Å². The summed E-state index contributed by atoms with van der Waals surface area (Å²) >= 11 is 1.45. The second kappa shape index (κ2) is 8.68. The zero-order chi connectivity index (χ0) is 22.8. The second-order valence-corrected chi connectivity index (χ2v) is 8.43. The maximum atomic E-state index is 12.9. The Morgan fingerprint density at radius 1 is 0.969 bits per heavy atom. The SMILES string of the molecule is CNC(=O)Nc1cc(-c2cccc(NC(=O)c3cc4ccccc4s3)c2C)cn(C)c1=O. The Kier molecular flexibility index (Phi) is 5.79. The Morgan fingerprint density at radius 3 is 2.50 bits per heavy atom. The van der Waals surface area contributed by atoms with Crippen LogP contribution in [0.3, 0.4) is 0 Å². The number of carbonyl (C=O) groups is 2. The summed E-state index contributed by atoms with van der Waals surface area (Å²) in [4.78, 5) is 37.6. The first-order valence-electron chi connectivity index (χ1n) is 9.96. The molecule has 0 aliphatic heterocycles. The van der Waals surface area contributed by atoms with E-state index in [0.29, 0.717) is 10.6 Å². The zero-order valence-electron chi connectivity index (χ0n) is 17.9. The van der Waals surface area contributed by atoms with Crippen molar-refractivity contribution in [1.82, 2.24) is 9.88 Å². The molecule has 8 heteroatoms. The molecule has 2 aromatic carbocycles. The minimum atomic E-state index is -0.472. The van der Waals surface area contributed by atoms with E-state index in [4.69, 9.17) is 0 Å². The van der Waals surface area contributed by atoms with Crippen LogP contribution in [0.15, 0.2) is 65.6 Å². The maximum absolute atomic E-state index is 12.9. The number of urea groups is 1. The van der Waals surface area contributed by atoms with Gasteiger partial charge in [-0.3, -0.25) is 9.59 Å². The summed E-state index contributed by atoms with van der Waals surface area (Å²) in [6.45, 7) is 1.91. The van der Waals surface area contributed by atoms with Gasteiger partial charge in [-0.2, -0.15) is 0 Å². The van der Waals surface area contributed by atoms with Crippen molar-refractivity contribution in [3.8, 4) is 11.1 Å². The number of pyridine rings is 1. The lowest BCUT2D eigenvalue weighted by Gasteiger charge is -2.14. The summed E-state index contributed by atoms with van der Waals surface area (Å²) < 4.78 is 2.48. The van der Waals surface area contributed by atoms with Crippen molar-refractivity contribution in [2.75, 3.05) is 17.7 Å². The van der Waals surface area contributed by atoms with Crippen LogP contribution in [-0.4, -0.2) is 23.6 Å². The van der Waals surface area contributed by atoms with E-state index in [1.165, 1.54) is 23.0 Å². The predicted octanol–water partition coefficient (Wildman–Crippen LogP) is 4.58. The molecule has 2 heterocycles. The number of rotatable bonds is 4. The van der Waals surface area contributed by atoms with Gasteiger partial charge in [-0.05, 0) is 47.7 Å². The van der Waals surface area contributed by atoms with Crippen LogP contribution >= 0.6 is 11.3 Å². The van der Waals surface area contributed by atoms with E-state index in [1.807, 2.05) is 55.5 Å². The van der Waals surface area contributed by atoms with Gasteiger partial charge in [0, 0.05) is 36.2 Å². The highest BCUT2D eigenvalue weighted by molar-refractivity contribution is 7.20. The number of amides is 3. The Labute approximate surface area is 188 Å². The Morgan fingerprint density at radius 2 is 1.75 bits per heavy atom. The zero-order valence-corrected chi connectivity index (χ0v) is 18.7. The Balaban J connectivity index is 1.67. The highest BCUT2D eigenvalue weighted by Crippen LogP contribution is 2.31. The number of fused-ring (bicyclic) bond motifs is 1. The average molecular weight is 447 g/mol. The largest absolute Gasteiger partial charge is 0.341 e. The van der Waals surface area contributed by atoms with Gasteiger partial charge in [0.05, 0.1) is 4.88 Å². The summed E-state index contributed by atoms with van der Waals surface area (Å²) in [5.74, 6) is -0.172. The molecule has 4 aromatic rings. The van der Waals surface area contributed by atoms with Crippen LogP contribution in [-0.2, 0) is 7.05 Å². The lowest BCUT2D eigenvalue weighted by Crippen LogP contribution is -2.29. The molecule has 162 valence electrons. The van der Waals surface area contributed by atoms with Gasteiger partial charge in [0.1, 0.15) is 5.69 Å². The molecule has 0 bridgehead atoms. The minimum absolute atomic E-state index is 0.170. The topological polar surface area (TPSA) is 92.2 Å². The quantitative estimate of drug-likeness (QED) is 0.428. The number of nitrogens with zero attached hydrogens (tertiary/aromatic N) is 1. The molecule has 0 spiro atoms. The first kappa shape index (κ1) is 21.3. The van der Waals surface area contributed by atoms with E-state index < -0.39 is 6.03 Å². The normalized spacial score (nSPS) is 10.7. The number of thiophene rings is 1. The summed E-state index contributed by atoms with van der Waals surface area (Å²) in [6.07, 6.45) is 1.71. The molecule has 0 aliphatic rings. The standard InChI is InChI=1S/C24H22N4O3S/c1-14-17(16-11-19(27-24(31)25-2)23(30)28(3)13-16)8-6-9-18(14)26-22(29)21-12-15-7-4-5-10-20(15)32-21/h4-13H,1-3H3,(H,26,29)(H2,25,27,31). The smallest absolute Gasteiger partial charge is 0.319 e. The van der Waals surface area contributed by atoms with Gasteiger partial charge in [-0.1, -0.05) is 30.3 Å². The number of aromatic nitrogens is 1. The number of hydrogen-bond donors (Lipinski definition) is 3. The van der Waals surface area contributed by atoms with Crippen molar-refractivity contribution in [2.45, 2.75) is 6.92 Å². The lowest BCUT2D eigenvalue weighted by molar-refractivity contribution is 0.103. The average Bonchev–Trinajstić information content (AvgIpc) is 3.22. The molecule has 0 atom stereocenters. The van der Waals surface area contributed by atoms with Crippen LogP contribution in [0, 0.1) is 6.92 Å². The van der Waals surface area contributed by atoms with Gasteiger partial charge < -0.3 is 20.5 Å². The van der Waals surface area contributed by atoms with E-state index >= 15 is 0 Å². The van der Waals surface area contributed by atoms with Crippen molar-refractivity contribution < 1.29 is 9.59 Å². The van der Waals surface area contributed by atoms with Gasteiger partial charge >= 0.3 is 6.03 Å². The molecule has 3 amide bonds. The molecule has 0 radical (unpaired) electrons. The van der Waals surface area contributed by atoms with Gasteiger partial charge in [-0.15, -0.1) is 11.3 Å². The Hall–Kier alpha value is -3.91. The molecule has 7 nitrogen and oxygen atoms in total. The number of anilines is 2. The summed E-state index contributed by atoms with van der Waals surface area (Å²) in [5, 5.41) is 9.04. The van der Waals surface area contributed by atoms with Crippen molar-refractivity contribution in [3.63, 3.8) is 0 Å². The summed E-state index contributed by atoms with van der Waals surface area (Å²) in [7, 11) is 3.11. The summed E-state index contributed by atoms with van der Waals surface area (Å²) in [5.41, 5.74) is 2.97. The molecule has 32 heavy (non-hydrogen) atoms. The molecule has 0 saturated carbocycles. The third-order valence-electron chi connectivity index (χ3n) is 5.20. The first-order chi connectivity index (χ1) is 15.4. The third-order valence-corrected chi connectivity index (χ3v) is 6.32. The number of carbonyl (C=O) groups excluding carboxylic acids is 2. The van der Waals surface area contributed by atoms with Crippen molar-refractivity contribution in [1.29, 1.82) is 0 Å². The van der Waals surface area contributed by atoms with Gasteiger partial charge in [-0.25, -0.2) is 4.79 Å². The van der Waals surface area contributed by atoms with Crippen molar-refractivity contribution in [2.24, 2.45) is 7.05 Å². The van der Waals surface area contributed by atoms with Gasteiger partial charge in [0.15, 0.2) is 0 Å². The number of benzene rings is 2. The molecule has 2 aromatic heterocycles. The number of hydrogen-bond acceptors (Lipinski definition) is 4. The molecular formula is C24H22N4O3S. The van der Waals surface area contributed by atoms with Crippen LogP contribution < -0.4 is 21.5 Å². The highest BCUT2D eigenvalue weighted by Gasteiger charge is 2.15. The number of nitrogens with one attached hydrogen (secondary N) is 3. The molecule has 0 fully saturated rings. The predicted molar refractivity (Wildman–Crippen MR) is 130 cm³/mol. The first-order valence-corrected chi connectivity index (χ1v) is 10.8. The van der Waals surface area contributed by atoms with Crippen LogP contribution in [0.25, 0.3) is 21.2 Å². The van der Waals surface area contributed by atoms with E-state index in [-0.39, 0.29) is 17.2 Å². The van der Waals surface area contributed by atoms with Crippen LogP contribution in [0.4, 0.5) is 16.2 Å². The van der Waals surface area contributed by atoms with E-state index in [1.54, 1.807) is 19.3 Å². The van der Waals surface area contributed by atoms with Crippen molar-refractivity contribution >= 4 is 44.7 Å². The minimum Gasteiger partial charge on any atom is -0.341 e. The van der Waals surface area contributed by atoms with Crippen LogP contribution in [0.1, 0.15) is 15.2 Å². The van der Waals surface area contributed by atoms with Crippen molar-refractivity contribution in [3.05, 3.63) is 81.6 Å².